The Labute approximate surface area is 169 Å². The van der Waals surface area contributed by atoms with Crippen LogP contribution in [-0.2, 0) is 9.53 Å². The van der Waals surface area contributed by atoms with Crippen LogP contribution in [0.3, 0.4) is 0 Å². The van der Waals surface area contributed by atoms with Gasteiger partial charge in [-0.3, -0.25) is 4.79 Å². The summed E-state index contributed by atoms with van der Waals surface area (Å²) >= 11 is 0. The first-order valence-electron chi connectivity index (χ1n) is 8.89. The average molecular weight is 418 g/mol. The number of fused-ring (bicyclic) bond motifs is 1. The van der Waals surface area contributed by atoms with Crippen molar-refractivity contribution in [3.05, 3.63) is 68.4 Å². The van der Waals surface area contributed by atoms with Crippen molar-refractivity contribution in [1.29, 1.82) is 5.26 Å². The number of hydrogen-bond acceptors (Lipinski definition) is 6. The molecule has 6 nitrogen and oxygen atoms in total. The van der Waals surface area contributed by atoms with Gasteiger partial charge in [-0.25, -0.2) is 4.79 Å². The van der Waals surface area contributed by atoms with E-state index in [0.29, 0.717) is 17.0 Å². The zero-order chi connectivity index (χ0) is 22.2. The summed E-state index contributed by atoms with van der Waals surface area (Å²) in [5.41, 5.74) is 0.780. The fourth-order valence-corrected chi connectivity index (χ4v) is 3.49. The van der Waals surface area contributed by atoms with Crippen LogP contribution in [0.2, 0.25) is 0 Å². The number of aryl methyl sites for hydroxylation is 1. The number of alkyl halides is 3. The number of ether oxygens (including phenoxy) is 1. The molecule has 0 amide bonds. The van der Waals surface area contributed by atoms with Crippen LogP contribution in [-0.4, -0.2) is 18.8 Å². The number of nitrogens with one attached hydrogen (secondary N) is 1. The van der Waals surface area contributed by atoms with Gasteiger partial charge in [0.15, 0.2) is 12.0 Å². The number of dihydropyridines is 1. The van der Waals surface area contributed by atoms with Gasteiger partial charge in [0, 0.05) is 23.0 Å². The number of carbonyl (C=O) groups is 1. The van der Waals surface area contributed by atoms with Gasteiger partial charge in [0.25, 0.3) is 0 Å². The van der Waals surface area contributed by atoms with Gasteiger partial charge < -0.3 is 14.5 Å². The van der Waals surface area contributed by atoms with E-state index in [0.717, 1.165) is 0 Å². The van der Waals surface area contributed by atoms with Crippen molar-refractivity contribution in [3.63, 3.8) is 0 Å². The van der Waals surface area contributed by atoms with Crippen LogP contribution < -0.4 is 10.7 Å². The Morgan fingerprint density at radius 3 is 2.60 bits per heavy atom. The average Bonchev–Trinajstić information content (AvgIpc) is 2.64. The van der Waals surface area contributed by atoms with Crippen LogP contribution in [0, 0.1) is 18.3 Å². The molecule has 1 aliphatic rings. The van der Waals surface area contributed by atoms with Crippen LogP contribution in [0.1, 0.15) is 31.1 Å². The van der Waals surface area contributed by atoms with Gasteiger partial charge in [0.1, 0.15) is 11.3 Å². The first-order valence-corrected chi connectivity index (χ1v) is 8.89. The molecule has 2 aromatic rings. The molecule has 0 saturated carbocycles. The van der Waals surface area contributed by atoms with E-state index in [1.807, 2.05) is 6.07 Å². The summed E-state index contributed by atoms with van der Waals surface area (Å²) < 4.78 is 47.9. The standard InChI is InChI=1S/C21H17F3N2O4/c1-10-7-16(27)13-5-4-6-14(19(13)30-10)18-15(8-25)11(2)26-12(3)17(18)20(28)29-9-21(22,23)24/h4-7,18,26H,9H2,1-3H3. The lowest BCUT2D eigenvalue weighted by Crippen LogP contribution is -2.30. The number of allylic oxidation sites excluding steroid dienone is 3. The molecule has 1 N–H and O–H groups in total. The third kappa shape index (κ3) is 3.94. The number of esters is 1. The Kier molecular flexibility index (Phi) is 5.44. The third-order valence-electron chi connectivity index (χ3n) is 4.69. The van der Waals surface area contributed by atoms with Gasteiger partial charge >= 0.3 is 12.1 Å². The van der Waals surface area contributed by atoms with Crippen molar-refractivity contribution in [1.82, 2.24) is 5.32 Å². The Hall–Kier alpha value is -3.54. The fourth-order valence-electron chi connectivity index (χ4n) is 3.49. The lowest BCUT2D eigenvalue weighted by atomic mass is 9.80. The number of halogens is 3. The first-order chi connectivity index (χ1) is 14.0. The molecule has 0 bridgehead atoms. The molecule has 0 saturated heterocycles. The molecule has 156 valence electrons. The molecule has 1 unspecified atom stereocenters. The number of nitriles is 1. The number of rotatable bonds is 3. The van der Waals surface area contributed by atoms with Crippen molar-refractivity contribution in [2.75, 3.05) is 6.61 Å². The van der Waals surface area contributed by atoms with E-state index < -0.39 is 24.7 Å². The summed E-state index contributed by atoms with van der Waals surface area (Å²) in [5, 5.41) is 12.8. The Morgan fingerprint density at radius 2 is 1.97 bits per heavy atom. The number of carbonyl (C=O) groups excluding carboxylic acids is 1. The normalized spacial score (nSPS) is 17.0. The third-order valence-corrected chi connectivity index (χ3v) is 4.69. The molecule has 0 aliphatic carbocycles. The minimum Gasteiger partial charge on any atom is -0.461 e. The van der Waals surface area contributed by atoms with Gasteiger partial charge in [0.2, 0.25) is 0 Å². The number of nitrogens with zero attached hydrogens (tertiary/aromatic N) is 1. The molecule has 30 heavy (non-hydrogen) atoms. The van der Waals surface area contributed by atoms with Crippen molar-refractivity contribution in [2.24, 2.45) is 0 Å². The topological polar surface area (TPSA) is 92.3 Å². The fraction of sp³-hybridized carbons (Fsp3) is 0.286. The molecule has 1 aromatic heterocycles. The van der Waals surface area contributed by atoms with Crippen molar-refractivity contribution in [2.45, 2.75) is 32.9 Å². The van der Waals surface area contributed by atoms with Crippen LogP contribution in [0.25, 0.3) is 11.0 Å². The van der Waals surface area contributed by atoms with E-state index in [1.54, 1.807) is 26.0 Å². The maximum Gasteiger partial charge on any atom is 0.422 e. The molecular weight excluding hydrogens is 401 g/mol. The maximum absolute atomic E-state index is 12.6. The molecular formula is C21H17F3N2O4. The quantitative estimate of drug-likeness (QED) is 0.759. The number of hydrogen-bond donors (Lipinski definition) is 1. The molecule has 0 fully saturated rings. The molecule has 0 radical (unpaired) electrons. The monoisotopic (exact) mass is 418 g/mol. The highest BCUT2D eigenvalue weighted by molar-refractivity contribution is 5.95. The lowest BCUT2D eigenvalue weighted by Gasteiger charge is -2.28. The van der Waals surface area contributed by atoms with Crippen LogP contribution in [0.15, 0.2) is 56.0 Å². The van der Waals surface area contributed by atoms with E-state index in [4.69, 9.17) is 4.42 Å². The molecule has 1 aliphatic heterocycles. The Morgan fingerprint density at radius 1 is 1.27 bits per heavy atom. The van der Waals surface area contributed by atoms with Crippen molar-refractivity contribution in [3.8, 4) is 6.07 Å². The summed E-state index contributed by atoms with van der Waals surface area (Å²) in [6.45, 7) is 2.93. The SMILES string of the molecule is CC1=C(C#N)C(c2cccc3c(=O)cc(C)oc23)C(C(=O)OCC(F)(F)F)=C(C)N1. The smallest absolute Gasteiger partial charge is 0.422 e. The van der Waals surface area contributed by atoms with E-state index in [-0.39, 0.29) is 33.2 Å². The van der Waals surface area contributed by atoms with E-state index in [1.165, 1.54) is 19.1 Å². The molecule has 3 rings (SSSR count). The second-order valence-electron chi connectivity index (χ2n) is 6.88. The van der Waals surface area contributed by atoms with Gasteiger partial charge in [-0.15, -0.1) is 0 Å². The molecule has 2 heterocycles. The number of para-hydroxylation sites is 1. The minimum absolute atomic E-state index is 0.108. The molecule has 1 aromatic carbocycles. The van der Waals surface area contributed by atoms with Gasteiger partial charge in [-0.05, 0) is 26.8 Å². The van der Waals surface area contributed by atoms with Gasteiger partial charge in [0.05, 0.1) is 28.5 Å². The highest BCUT2D eigenvalue weighted by Crippen LogP contribution is 2.41. The lowest BCUT2D eigenvalue weighted by molar-refractivity contribution is -0.183. The summed E-state index contributed by atoms with van der Waals surface area (Å²) in [5.74, 6) is -1.96. The van der Waals surface area contributed by atoms with Crippen LogP contribution in [0.4, 0.5) is 13.2 Å². The predicted molar refractivity (Wildman–Crippen MR) is 101 cm³/mol. The van der Waals surface area contributed by atoms with Gasteiger partial charge in [-0.1, -0.05) is 12.1 Å². The Bertz CT molecular complexity index is 1200. The van der Waals surface area contributed by atoms with Gasteiger partial charge in [-0.2, -0.15) is 18.4 Å². The second-order valence-corrected chi connectivity index (χ2v) is 6.88. The summed E-state index contributed by atoms with van der Waals surface area (Å²) in [7, 11) is 0. The maximum atomic E-state index is 12.6. The molecule has 9 heteroatoms. The van der Waals surface area contributed by atoms with E-state index in [2.05, 4.69) is 10.1 Å². The number of benzene rings is 1. The zero-order valence-electron chi connectivity index (χ0n) is 16.3. The molecule has 0 spiro atoms. The van der Waals surface area contributed by atoms with E-state index in [9.17, 15) is 28.0 Å². The molecule has 1 atom stereocenters. The van der Waals surface area contributed by atoms with E-state index >= 15 is 0 Å². The Balaban J connectivity index is 2.24. The largest absolute Gasteiger partial charge is 0.461 e. The zero-order valence-corrected chi connectivity index (χ0v) is 16.3. The van der Waals surface area contributed by atoms with Crippen molar-refractivity contribution >= 4 is 16.9 Å². The summed E-state index contributed by atoms with van der Waals surface area (Å²) in [6, 6.07) is 7.97. The highest BCUT2D eigenvalue weighted by Gasteiger charge is 2.38. The van der Waals surface area contributed by atoms with Crippen LogP contribution in [0.5, 0.6) is 0 Å². The summed E-state index contributed by atoms with van der Waals surface area (Å²) in [4.78, 5) is 25.0. The van der Waals surface area contributed by atoms with Crippen LogP contribution >= 0.6 is 0 Å². The predicted octanol–water partition coefficient (Wildman–Crippen LogP) is 3.97. The second kappa shape index (κ2) is 7.71. The summed E-state index contributed by atoms with van der Waals surface area (Å²) in [6.07, 6.45) is -4.70. The first kappa shape index (κ1) is 21.2. The van der Waals surface area contributed by atoms with Crippen molar-refractivity contribution < 1.29 is 27.1 Å². The minimum atomic E-state index is -4.70. The highest BCUT2D eigenvalue weighted by atomic mass is 19.4.